The Kier molecular flexibility index (Phi) is 5.09. The molecule has 0 heterocycles. The number of carbonyl (C=O) groups is 1. The van der Waals surface area contributed by atoms with Crippen LogP contribution >= 0.6 is 0 Å². The molecule has 0 saturated heterocycles. The lowest BCUT2D eigenvalue weighted by Crippen LogP contribution is -2.37. The second-order valence-electron chi connectivity index (χ2n) is 4.67. The predicted octanol–water partition coefficient (Wildman–Crippen LogP) is 1.96. The lowest BCUT2D eigenvalue weighted by atomic mass is 9.99. The molecule has 3 heteroatoms. The molecule has 0 aromatic rings. The van der Waals surface area contributed by atoms with Gasteiger partial charge in [-0.15, -0.1) is 0 Å². The second kappa shape index (κ2) is 6.11. The number of rotatable bonds is 5. The third-order valence-corrected chi connectivity index (χ3v) is 3.46. The van der Waals surface area contributed by atoms with Crippen LogP contribution in [0, 0.1) is 11.8 Å². The molecule has 0 aliphatic heterocycles. The normalized spacial score (nSPS) is 21.3. The summed E-state index contributed by atoms with van der Waals surface area (Å²) in [7, 11) is 1.44. The number of carbonyl (C=O) groups excluding carboxylic acids is 1. The van der Waals surface area contributed by atoms with Crippen LogP contribution in [0.3, 0.4) is 0 Å². The SMILES string of the molecule is COC(=O)C(C)CNC(C)C1CCCC1. The highest BCUT2D eigenvalue weighted by molar-refractivity contribution is 5.72. The molecule has 1 aliphatic rings. The standard InChI is InChI=1S/C12H23NO2/c1-9(12(14)15-3)8-13-10(2)11-6-4-5-7-11/h9-11,13H,4-8H2,1-3H3. The molecule has 1 aliphatic carbocycles. The molecule has 0 radical (unpaired) electrons. The molecule has 1 rings (SSSR count). The van der Waals surface area contributed by atoms with Gasteiger partial charge in [0.25, 0.3) is 0 Å². The number of hydrogen-bond acceptors (Lipinski definition) is 3. The summed E-state index contributed by atoms with van der Waals surface area (Å²) in [5.41, 5.74) is 0. The summed E-state index contributed by atoms with van der Waals surface area (Å²) in [6.07, 6.45) is 5.40. The Morgan fingerprint density at radius 2 is 2.00 bits per heavy atom. The van der Waals surface area contributed by atoms with Gasteiger partial charge < -0.3 is 10.1 Å². The van der Waals surface area contributed by atoms with Gasteiger partial charge in [-0.2, -0.15) is 0 Å². The van der Waals surface area contributed by atoms with Crippen molar-refractivity contribution in [2.45, 2.75) is 45.6 Å². The summed E-state index contributed by atoms with van der Waals surface area (Å²) >= 11 is 0. The van der Waals surface area contributed by atoms with Crippen molar-refractivity contribution in [1.29, 1.82) is 0 Å². The summed E-state index contributed by atoms with van der Waals surface area (Å²) in [5, 5.41) is 3.44. The minimum absolute atomic E-state index is 0.0427. The van der Waals surface area contributed by atoms with Crippen LogP contribution in [0.2, 0.25) is 0 Å². The third kappa shape index (κ3) is 3.82. The lowest BCUT2D eigenvalue weighted by molar-refractivity contribution is -0.144. The molecule has 2 atom stereocenters. The third-order valence-electron chi connectivity index (χ3n) is 3.46. The van der Waals surface area contributed by atoms with E-state index in [4.69, 9.17) is 4.74 Å². The Labute approximate surface area is 92.6 Å². The minimum Gasteiger partial charge on any atom is -0.469 e. The number of nitrogens with one attached hydrogen (secondary N) is 1. The van der Waals surface area contributed by atoms with Gasteiger partial charge in [0.05, 0.1) is 13.0 Å². The van der Waals surface area contributed by atoms with Crippen molar-refractivity contribution in [1.82, 2.24) is 5.32 Å². The van der Waals surface area contributed by atoms with Gasteiger partial charge in [-0.25, -0.2) is 0 Å². The van der Waals surface area contributed by atoms with E-state index in [0.29, 0.717) is 6.04 Å². The van der Waals surface area contributed by atoms with Crippen molar-refractivity contribution < 1.29 is 9.53 Å². The summed E-state index contributed by atoms with van der Waals surface area (Å²) in [6, 6.07) is 0.527. The van der Waals surface area contributed by atoms with Crippen molar-refractivity contribution in [2.24, 2.45) is 11.8 Å². The number of methoxy groups -OCH3 is 1. The zero-order valence-corrected chi connectivity index (χ0v) is 10.1. The van der Waals surface area contributed by atoms with Crippen molar-refractivity contribution in [3.63, 3.8) is 0 Å². The van der Waals surface area contributed by atoms with Gasteiger partial charge in [-0.3, -0.25) is 4.79 Å². The zero-order chi connectivity index (χ0) is 11.3. The second-order valence-corrected chi connectivity index (χ2v) is 4.67. The number of hydrogen-bond donors (Lipinski definition) is 1. The molecule has 15 heavy (non-hydrogen) atoms. The zero-order valence-electron chi connectivity index (χ0n) is 10.1. The Morgan fingerprint density at radius 3 is 2.53 bits per heavy atom. The maximum Gasteiger partial charge on any atom is 0.309 e. The van der Waals surface area contributed by atoms with E-state index in [1.807, 2.05) is 6.92 Å². The van der Waals surface area contributed by atoms with Gasteiger partial charge in [0.15, 0.2) is 0 Å². The van der Waals surface area contributed by atoms with Crippen molar-refractivity contribution in [2.75, 3.05) is 13.7 Å². The fraction of sp³-hybridized carbons (Fsp3) is 0.917. The fourth-order valence-electron chi connectivity index (χ4n) is 2.27. The minimum atomic E-state index is -0.124. The first-order chi connectivity index (χ1) is 7.15. The van der Waals surface area contributed by atoms with Crippen LogP contribution in [0.25, 0.3) is 0 Å². The largest absolute Gasteiger partial charge is 0.469 e. The van der Waals surface area contributed by atoms with Crippen LogP contribution in [0.1, 0.15) is 39.5 Å². The highest BCUT2D eigenvalue weighted by atomic mass is 16.5. The summed E-state index contributed by atoms with van der Waals surface area (Å²) in [5.74, 6) is 0.634. The molecule has 3 nitrogen and oxygen atoms in total. The van der Waals surface area contributed by atoms with E-state index in [0.717, 1.165) is 12.5 Å². The average molecular weight is 213 g/mol. The van der Waals surface area contributed by atoms with Crippen LogP contribution in [-0.2, 0) is 9.53 Å². The predicted molar refractivity (Wildman–Crippen MR) is 60.6 cm³/mol. The van der Waals surface area contributed by atoms with Crippen LogP contribution in [0.15, 0.2) is 0 Å². The molecule has 0 spiro atoms. The quantitative estimate of drug-likeness (QED) is 0.709. The fourth-order valence-corrected chi connectivity index (χ4v) is 2.27. The van der Waals surface area contributed by atoms with Gasteiger partial charge in [0.1, 0.15) is 0 Å². The van der Waals surface area contributed by atoms with Crippen LogP contribution in [0.4, 0.5) is 0 Å². The summed E-state index contributed by atoms with van der Waals surface area (Å²) in [4.78, 5) is 11.2. The van der Waals surface area contributed by atoms with Crippen LogP contribution in [0.5, 0.6) is 0 Å². The van der Waals surface area contributed by atoms with E-state index < -0.39 is 0 Å². The molecular weight excluding hydrogens is 190 g/mol. The van der Waals surface area contributed by atoms with Gasteiger partial charge in [0.2, 0.25) is 0 Å². The molecular formula is C12H23NO2. The summed E-state index contributed by atoms with van der Waals surface area (Å²) < 4.78 is 4.69. The molecule has 0 aromatic heterocycles. The molecule has 0 amide bonds. The molecule has 1 fully saturated rings. The van der Waals surface area contributed by atoms with E-state index in [9.17, 15) is 4.79 Å². The van der Waals surface area contributed by atoms with Gasteiger partial charge >= 0.3 is 5.97 Å². The molecule has 1 N–H and O–H groups in total. The van der Waals surface area contributed by atoms with E-state index in [-0.39, 0.29) is 11.9 Å². The summed E-state index contributed by atoms with van der Waals surface area (Å²) in [6.45, 7) is 4.85. The maximum absolute atomic E-state index is 11.2. The first-order valence-electron chi connectivity index (χ1n) is 5.96. The monoisotopic (exact) mass is 213 g/mol. The van der Waals surface area contributed by atoms with Gasteiger partial charge in [-0.05, 0) is 25.7 Å². The highest BCUT2D eigenvalue weighted by Crippen LogP contribution is 2.27. The number of esters is 1. The van der Waals surface area contributed by atoms with Crippen molar-refractivity contribution >= 4 is 5.97 Å². The van der Waals surface area contributed by atoms with E-state index in [1.54, 1.807) is 0 Å². The van der Waals surface area contributed by atoms with E-state index in [1.165, 1.54) is 32.8 Å². The van der Waals surface area contributed by atoms with Gasteiger partial charge in [0, 0.05) is 12.6 Å². The molecule has 2 unspecified atom stereocenters. The lowest BCUT2D eigenvalue weighted by Gasteiger charge is -2.21. The first-order valence-corrected chi connectivity index (χ1v) is 5.96. The molecule has 0 bridgehead atoms. The topological polar surface area (TPSA) is 38.3 Å². The average Bonchev–Trinajstić information content (AvgIpc) is 2.77. The molecule has 0 aromatic carbocycles. The van der Waals surface area contributed by atoms with Crippen molar-refractivity contribution in [3.8, 4) is 0 Å². The van der Waals surface area contributed by atoms with Crippen LogP contribution in [-0.4, -0.2) is 25.7 Å². The van der Waals surface area contributed by atoms with E-state index in [2.05, 4.69) is 12.2 Å². The number of ether oxygens (including phenoxy) is 1. The Hall–Kier alpha value is -0.570. The molecule has 1 saturated carbocycles. The van der Waals surface area contributed by atoms with Crippen molar-refractivity contribution in [3.05, 3.63) is 0 Å². The van der Waals surface area contributed by atoms with E-state index >= 15 is 0 Å². The van der Waals surface area contributed by atoms with Gasteiger partial charge in [-0.1, -0.05) is 19.8 Å². The first kappa shape index (κ1) is 12.5. The van der Waals surface area contributed by atoms with Crippen LogP contribution < -0.4 is 5.32 Å². The Balaban J connectivity index is 2.20. The maximum atomic E-state index is 11.2. The smallest absolute Gasteiger partial charge is 0.309 e. The Bertz CT molecular complexity index is 200. The molecule has 88 valence electrons. The Morgan fingerprint density at radius 1 is 1.40 bits per heavy atom. The highest BCUT2D eigenvalue weighted by Gasteiger charge is 2.22.